The van der Waals surface area contributed by atoms with Crippen molar-refractivity contribution in [2.75, 3.05) is 26.7 Å². The summed E-state index contributed by atoms with van der Waals surface area (Å²) in [6.45, 7) is 4.14. The third kappa shape index (κ3) is 10.7. The molecule has 6 nitrogen and oxygen atoms in total. The number of nitrogens with one attached hydrogen (secondary N) is 3. The number of nitrogens with zero attached hydrogens (tertiary/aromatic N) is 1. The summed E-state index contributed by atoms with van der Waals surface area (Å²) in [5.74, 6) is 2.37. The predicted octanol–water partition coefficient (Wildman–Crippen LogP) is 3.85. The molecular formula is C22H37IN4O2. The zero-order chi connectivity index (χ0) is 20.0. The Balaban J connectivity index is 0.00000420. The van der Waals surface area contributed by atoms with Gasteiger partial charge in [-0.2, -0.15) is 0 Å². The second kappa shape index (κ2) is 15.3. The number of ether oxygens (including phenoxy) is 1. The number of aliphatic imine (C=N–C) groups is 1. The maximum absolute atomic E-state index is 11.5. The van der Waals surface area contributed by atoms with Gasteiger partial charge in [0.1, 0.15) is 5.75 Å². The van der Waals surface area contributed by atoms with Gasteiger partial charge in [0.2, 0.25) is 0 Å². The molecule has 0 bridgehead atoms. The molecule has 3 N–H and O–H groups in total. The minimum atomic E-state index is -0.108. The molecule has 1 saturated carbocycles. The first-order valence-electron chi connectivity index (χ1n) is 10.6. The molecular weight excluding hydrogens is 479 g/mol. The molecule has 0 spiro atoms. The van der Waals surface area contributed by atoms with Crippen molar-refractivity contribution in [3.8, 4) is 5.75 Å². The van der Waals surface area contributed by atoms with Crippen molar-refractivity contribution in [1.82, 2.24) is 16.0 Å². The average Bonchev–Trinajstić information content (AvgIpc) is 3.22. The third-order valence-corrected chi connectivity index (χ3v) is 5.13. The normalized spacial score (nSPS) is 14.2. The highest BCUT2D eigenvalue weighted by Gasteiger charge is 2.13. The van der Waals surface area contributed by atoms with Crippen LogP contribution in [0.25, 0.3) is 0 Å². The lowest BCUT2D eigenvalue weighted by Gasteiger charge is -2.13. The van der Waals surface area contributed by atoms with Crippen LogP contribution in [0.1, 0.15) is 57.4 Å². The van der Waals surface area contributed by atoms with Crippen molar-refractivity contribution in [3.05, 3.63) is 29.8 Å². The Bertz CT molecular complexity index is 619. The fraction of sp³-hybridized carbons (Fsp3) is 0.636. The van der Waals surface area contributed by atoms with E-state index in [1.54, 1.807) is 7.05 Å². The van der Waals surface area contributed by atoms with E-state index in [0.29, 0.717) is 18.8 Å². The van der Waals surface area contributed by atoms with Crippen molar-refractivity contribution in [3.63, 3.8) is 0 Å². The fourth-order valence-electron chi connectivity index (χ4n) is 3.61. The molecule has 1 aliphatic rings. The first-order chi connectivity index (χ1) is 13.7. The first-order valence-corrected chi connectivity index (χ1v) is 10.6. The van der Waals surface area contributed by atoms with Crippen LogP contribution in [-0.2, 0) is 11.3 Å². The molecule has 1 aromatic rings. The molecule has 1 fully saturated rings. The van der Waals surface area contributed by atoms with E-state index >= 15 is 0 Å². The number of hydrogen-bond acceptors (Lipinski definition) is 3. The van der Waals surface area contributed by atoms with Crippen LogP contribution in [0.3, 0.4) is 0 Å². The summed E-state index contributed by atoms with van der Waals surface area (Å²) >= 11 is 0. The molecule has 0 unspecified atom stereocenters. The van der Waals surface area contributed by atoms with Gasteiger partial charge < -0.3 is 20.7 Å². The number of hydrogen-bond donors (Lipinski definition) is 3. The van der Waals surface area contributed by atoms with Gasteiger partial charge in [0.15, 0.2) is 12.6 Å². The molecule has 0 atom stereocenters. The van der Waals surface area contributed by atoms with Crippen LogP contribution in [0.5, 0.6) is 5.75 Å². The van der Waals surface area contributed by atoms with Gasteiger partial charge in [-0.25, -0.2) is 0 Å². The van der Waals surface area contributed by atoms with Crippen molar-refractivity contribution >= 4 is 35.8 Å². The van der Waals surface area contributed by atoms with Crippen molar-refractivity contribution in [2.45, 2.75) is 58.4 Å². The number of carbonyl (C=O) groups is 1. The molecule has 0 aromatic heterocycles. The Morgan fingerprint density at radius 2 is 1.97 bits per heavy atom. The summed E-state index contributed by atoms with van der Waals surface area (Å²) in [6.07, 6.45) is 9.57. The van der Waals surface area contributed by atoms with Crippen molar-refractivity contribution in [2.24, 2.45) is 10.9 Å². The van der Waals surface area contributed by atoms with Crippen LogP contribution in [-0.4, -0.2) is 38.6 Å². The summed E-state index contributed by atoms with van der Waals surface area (Å²) in [5, 5.41) is 9.44. The molecule has 7 heteroatoms. The van der Waals surface area contributed by atoms with Crippen LogP contribution < -0.4 is 20.7 Å². The molecule has 0 saturated heterocycles. The Morgan fingerprint density at radius 3 is 2.69 bits per heavy atom. The van der Waals surface area contributed by atoms with Crippen molar-refractivity contribution in [1.29, 1.82) is 0 Å². The highest BCUT2D eigenvalue weighted by Crippen LogP contribution is 2.28. The molecule has 1 amide bonds. The molecule has 1 aliphatic carbocycles. The van der Waals surface area contributed by atoms with Gasteiger partial charge in [-0.3, -0.25) is 9.79 Å². The van der Waals surface area contributed by atoms with Crippen LogP contribution in [0.2, 0.25) is 0 Å². The van der Waals surface area contributed by atoms with Crippen LogP contribution in [0.15, 0.2) is 29.3 Å². The molecule has 2 rings (SSSR count). The van der Waals surface area contributed by atoms with Gasteiger partial charge in [0.25, 0.3) is 5.91 Å². The molecule has 29 heavy (non-hydrogen) atoms. The van der Waals surface area contributed by atoms with Crippen LogP contribution >= 0.6 is 24.0 Å². The van der Waals surface area contributed by atoms with Crippen LogP contribution in [0.4, 0.5) is 0 Å². The number of amides is 1. The van der Waals surface area contributed by atoms with Crippen LogP contribution in [0, 0.1) is 5.92 Å². The Morgan fingerprint density at radius 1 is 1.17 bits per heavy atom. The van der Waals surface area contributed by atoms with E-state index in [-0.39, 0.29) is 36.5 Å². The zero-order valence-electron chi connectivity index (χ0n) is 17.8. The number of benzene rings is 1. The summed E-state index contributed by atoms with van der Waals surface area (Å²) in [6, 6.07) is 7.77. The standard InChI is InChI=1S/C22H36N4O2.HI/c1-3-24-21(27)17-28-20-13-8-12-19(15-20)16-26-22(23-2)25-14-7-6-11-18-9-4-5-10-18;/h8,12-13,15,18H,3-7,9-11,14,16-17H2,1-2H3,(H,24,27)(H2,23,25,26);1H. The number of likely N-dealkylation sites (N-methyl/N-ethyl adjacent to an activating group) is 1. The first kappa shape index (κ1) is 25.5. The average molecular weight is 516 g/mol. The maximum atomic E-state index is 11.5. The van der Waals surface area contributed by atoms with E-state index in [4.69, 9.17) is 4.74 Å². The summed E-state index contributed by atoms with van der Waals surface area (Å²) < 4.78 is 5.54. The largest absolute Gasteiger partial charge is 0.484 e. The monoisotopic (exact) mass is 516 g/mol. The smallest absolute Gasteiger partial charge is 0.257 e. The zero-order valence-corrected chi connectivity index (χ0v) is 20.2. The summed E-state index contributed by atoms with van der Waals surface area (Å²) in [5.41, 5.74) is 1.08. The van der Waals surface area contributed by atoms with E-state index in [9.17, 15) is 4.79 Å². The highest BCUT2D eigenvalue weighted by molar-refractivity contribution is 14.0. The Labute approximate surface area is 192 Å². The lowest BCUT2D eigenvalue weighted by atomic mass is 10.0. The maximum Gasteiger partial charge on any atom is 0.257 e. The van der Waals surface area contributed by atoms with Gasteiger partial charge in [-0.15, -0.1) is 24.0 Å². The molecule has 0 heterocycles. The second-order valence-corrected chi connectivity index (χ2v) is 7.39. The van der Waals surface area contributed by atoms with E-state index in [2.05, 4.69) is 20.9 Å². The molecule has 1 aromatic carbocycles. The van der Waals surface area contributed by atoms with E-state index in [1.165, 1.54) is 44.9 Å². The van der Waals surface area contributed by atoms with E-state index in [1.807, 2.05) is 31.2 Å². The van der Waals surface area contributed by atoms with E-state index < -0.39 is 0 Å². The summed E-state index contributed by atoms with van der Waals surface area (Å²) in [4.78, 5) is 15.8. The summed E-state index contributed by atoms with van der Waals surface area (Å²) in [7, 11) is 1.79. The number of carbonyl (C=O) groups excluding carboxylic acids is 1. The molecule has 0 radical (unpaired) electrons. The number of unbranched alkanes of at least 4 members (excludes halogenated alkanes) is 1. The highest BCUT2D eigenvalue weighted by atomic mass is 127. The van der Waals surface area contributed by atoms with Crippen molar-refractivity contribution < 1.29 is 9.53 Å². The Hall–Kier alpha value is -1.51. The fourth-order valence-corrected chi connectivity index (χ4v) is 3.61. The molecule has 164 valence electrons. The third-order valence-electron chi connectivity index (χ3n) is 5.13. The lowest BCUT2D eigenvalue weighted by molar-refractivity contribution is -0.122. The quantitative estimate of drug-likeness (QED) is 0.181. The van der Waals surface area contributed by atoms with Gasteiger partial charge in [-0.1, -0.05) is 50.7 Å². The second-order valence-electron chi connectivity index (χ2n) is 7.39. The minimum absolute atomic E-state index is 0. The number of guanidine groups is 1. The molecule has 0 aliphatic heterocycles. The topological polar surface area (TPSA) is 74.8 Å². The minimum Gasteiger partial charge on any atom is -0.484 e. The predicted molar refractivity (Wildman–Crippen MR) is 130 cm³/mol. The van der Waals surface area contributed by atoms with E-state index in [0.717, 1.165) is 24.0 Å². The van der Waals surface area contributed by atoms with Gasteiger partial charge in [0, 0.05) is 26.7 Å². The SMILES string of the molecule is CCNC(=O)COc1cccc(CNC(=NC)NCCCCC2CCCC2)c1.I. The van der Waals surface area contributed by atoms with Gasteiger partial charge in [-0.05, 0) is 37.0 Å². The van der Waals surface area contributed by atoms with Gasteiger partial charge in [0.05, 0.1) is 0 Å². The lowest BCUT2D eigenvalue weighted by Crippen LogP contribution is -2.37. The Kier molecular flexibility index (Phi) is 13.5. The number of halogens is 1. The van der Waals surface area contributed by atoms with Gasteiger partial charge >= 0.3 is 0 Å². The number of rotatable bonds is 11.